The van der Waals surface area contributed by atoms with Gasteiger partial charge in [0.1, 0.15) is 18.3 Å². The molecule has 2 amide bonds. The van der Waals surface area contributed by atoms with Crippen LogP contribution in [-0.4, -0.2) is 56.6 Å². The van der Waals surface area contributed by atoms with Crippen LogP contribution in [0.4, 0.5) is 5.69 Å². The van der Waals surface area contributed by atoms with Gasteiger partial charge in [-0.2, -0.15) is 0 Å². The number of carbonyl (C=O) groups is 2. The fraction of sp³-hybridized carbons (Fsp3) is 0.462. The van der Waals surface area contributed by atoms with Gasteiger partial charge in [0.15, 0.2) is 0 Å². The molecule has 2 rings (SSSR count). The molecule has 1 N–H and O–H groups in total. The molecule has 0 heterocycles. The van der Waals surface area contributed by atoms with Crippen LogP contribution in [0.5, 0.6) is 5.75 Å². The van der Waals surface area contributed by atoms with Gasteiger partial charge < -0.3 is 15.0 Å². The van der Waals surface area contributed by atoms with Crippen LogP contribution in [0, 0.1) is 6.92 Å². The van der Waals surface area contributed by atoms with Crippen LogP contribution < -0.4 is 14.4 Å². The number of methoxy groups -OCH3 is 1. The standard InChI is InChI=1S/C26H35Cl2N3O5S/c1-8-21(25(33)29-26(3,4)5)30(15-18-10-11-19(27)14-20(18)28)24(32)16-31(37(7,34)35)22-13-17(2)9-12-23(22)36-6/h9-14,21H,8,15-16H2,1-7H3,(H,29,33)/t21-/m0/s1. The highest BCUT2D eigenvalue weighted by Crippen LogP contribution is 2.31. The second-order valence-electron chi connectivity index (χ2n) is 9.87. The number of anilines is 1. The monoisotopic (exact) mass is 571 g/mol. The van der Waals surface area contributed by atoms with E-state index in [0.29, 0.717) is 27.8 Å². The van der Waals surface area contributed by atoms with Crippen molar-refractivity contribution in [3.8, 4) is 5.75 Å². The summed E-state index contributed by atoms with van der Waals surface area (Å²) in [6.45, 7) is 8.56. The second-order valence-corrected chi connectivity index (χ2v) is 12.6. The van der Waals surface area contributed by atoms with Crippen molar-refractivity contribution in [3.63, 3.8) is 0 Å². The fourth-order valence-electron chi connectivity index (χ4n) is 3.80. The number of carbonyl (C=O) groups excluding carboxylic acids is 2. The summed E-state index contributed by atoms with van der Waals surface area (Å²) in [6, 6.07) is 9.06. The van der Waals surface area contributed by atoms with E-state index in [2.05, 4.69) is 5.32 Å². The Kier molecular flexibility index (Phi) is 10.3. The Hall–Kier alpha value is -2.49. The van der Waals surface area contributed by atoms with Crippen molar-refractivity contribution >= 4 is 50.7 Å². The van der Waals surface area contributed by atoms with Gasteiger partial charge in [-0.05, 0) is 69.5 Å². The molecule has 0 spiro atoms. The number of hydrogen-bond donors (Lipinski definition) is 1. The van der Waals surface area contributed by atoms with Crippen molar-refractivity contribution < 1.29 is 22.7 Å². The summed E-state index contributed by atoms with van der Waals surface area (Å²) in [4.78, 5) is 28.5. The third kappa shape index (κ3) is 8.51. The topological polar surface area (TPSA) is 96.0 Å². The lowest BCUT2D eigenvalue weighted by atomic mass is 10.1. The third-order valence-corrected chi connectivity index (χ3v) is 7.24. The Morgan fingerprint density at radius 2 is 1.76 bits per heavy atom. The van der Waals surface area contributed by atoms with Gasteiger partial charge in [-0.1, -0.05) is 42.3 Å². The smallest absolute Gasteiger partial charge is 0.244 e. The number of aryl methyl sites for hydroxylation is 1. The van der Waals surface area contributed by atoms with E-state index < -0.39 is 34.1 Å². The first-order chi connectivity index (χ1) is 17.1. The summed E-state index contributed by atoms with van der Waals surface area (Å²) in [5.74, 6) is -0.628. The number of halogens is 2. The summed E-state index contributed by atoms with van der Waals surface area (Å²) >= 11 is 12.4. The van der Waals surface area contributed by atoms with Crippen LogP contribution in [-0.2, 0) is 26.2 Å². The van der Waals surface area contributed by atoms with Gasteiger partial charge >= 0.3 is 0 Å². The number of sulfonamides is 1. The van der Waals surface area contributed by atoms with Crippen LogP contribution in [0.2, 0.25) is 10.0 Å². The first kappa shape index (κ1) is 30.7. The Labute approximate surface area is 229 Å². The Morgan fingerprint density at radius 1 is 1.11 bits per heavy atom. The highest BCUT2D eigenvalue weighted by Gasteiger charge is 2.34. The minimum absolute atomic E-state index is 0.0204. The van der Waals surface area contributed by atoms with E-state index in [4.69, 9.17) is 27.9 Å². The molecule has 0 unspecified atom stereocenters. The van der Waals surface area contributed by atoms with Gasteiger partial charge in [0.05, 0.1) is 19.1 Å². The van der Waals surface area contributed by atoms with Crippen molar-refractivity contribution in [2.24, 2.45) is 0 Å². The van der Waals surface area contributed by atoms with Gasteiger partial charge in [-0.15, -0.1) is 0 Å². The van der Waals surface area contributed by atoms with Crippen LogP contribution in [0.1, 0.15) is 45.2 Å². The molecule has 0 saturated carbocycles. The van der Waals surface area contributed by atoms with Crippen molar-refractivity contribution in [1.82, 2.24) is 10.2 Å². The van der Waals surface area contributed by atoms with Gasteiger partial charge in [0, 0.05) is 22.1 Å². The Morgan fingerprint density at radius 3 is 2.27 bits per heavy atom. The Balaban J connectivity index is 2.57. The zero-order valence-corrected chi connectivity index (χ0v) is 24.6. The molecule has 11 heteroatoms. The normalized spacial score (nSPS) is 12.6. The lowest BCUT2D eigenvalue weighted by Crippen LogP contribution is -2.55. The van der Waals surface area contributed by atoms with E-state index in [9.17, 15) is 18.0 Å². The maximum atomic E-state index is 13.8. The summed E-state index contributed by atoms with van der Waals surface area (Å²) in [5.41, 5.74) is 1.05. The van der Waals surface area contributed by atoms with Crippen LogP contribution in [0.15, 0.2) is 36.4 Å². The zero-order chi connectivity index (χ0) is 28.1. The Bertz CT molecular complexity index is 1250. The van der Waals surface area contributed by atoms with Crippen LogP contribution in [0.25, 0.3) is 0 Å². The molecule has 0 saturated heterocycles. The molecule has 37 heavy (non-hydrogen) atoms. The molecular weight excluding hydrogens is 537 g/mol. The molecule has 2 aromatic carbocycles. The lowest BCUT2D eigenvalue weighted by Gasteiger charge is -2.35. The van der Waals surface area contributed by atoms with E-state index in [-0.39, 0.29) is 18.1 Å². The molecule has 0 radical (unpaired) electrons. The van der Waals surface area contributed by atoms with Gasteiger partial charge in [-0.25, -0.2) is 8.42 Å². The molecule has 0 aromatic heterocycles. The molecule has 0 aliphatic heterocycles. The van der Waals surface area contributed by atoms with E-state index >= 15 is 0 Å². The molecule has 0 fully saturated rings. The highest BCUT2D eigenvalue weighted by molar-refractivity contribution is 7.92. The SMILES string of the molecule is CC[C@@H](C(=O)NC(C)(C)C)N(Cc1ccc(Cl)cc1Cl)C(=O)CN(c1cc(C)ccc1OC)S(C)(=O)=O. The van der Waals surface area contributed by atoms with Crippen molar-refractivity contribution in [1.29, 1.82) is 0 Å². The predicted molar refractivity (Wildman–Crippen MR) is 149 cm³/mol. The quantitative estimate of drug-likeness (QED) is 0.442. The fourth-order valence-corrected chi connectivity index (χ4v) is 5.11. The maximum Gasteiger partial charge on any atom is 0.244 e. The molecule has 8 nitrogen and oxygen atoms in total. The number of ether oxygens (including phenoxy) is 1. The maximum absolute atomic E-state index is 13.8. The molecule has 0 bridgehead atoms. The molecule has 0 aliphatic rings. The zero-order valence-electron chi connectivity index (χ0n) is 22.3. The number of amides is 2. The van der Waals surface area contributed by atoms with E-state index in [1.165, 1.54) is 12.0 Å². The van der Waals surface area contributed by atoms with Gasteiger partial charge in [-0.3, -0.25) is 13.9 Å². The van der Waals surface area contributed by atoms with Crippen molar-refractivity contribution in [2.75, 3.05) is 24.2 Å². The van der Waals surface area contributed by atoms with E-state index in [1.54, 1.807) is 43.3 Å². The summed E-state index contributed by atoms with van der Waals surface area (Å²) in [7, 11) is -2.48. The number of nitrogens with one attached hydrogen (secondary N) is 1. The first-order valence-electron chi connectivity index (χ1n) is 11.7. The molecule has 0 aliphatic carbocycles. The largest absolute Gasteiger partial charge is 0.495 e. The average Bonchev–Trinajstić information content (AvgIpc) is 2.76. The number of nitrogens with zero attached hydrogens (tertiary/aromatic N) is 2. The van der Waals surface area contributed by atoms with Gasteiger partial charge in [0.25, 0.3) is 0 Å². The molecule has 1 atom stereocenters. The van der Waals surface area contributed by atoms with E-state index in [0.717, 1.165) is 16.1 Å². The van der Waals surface area contributed by atoms with Gasteiger partial charge in [0.2, 0.25) is 21.8 Å². The summed E-state index contributed by atoms with van der Waals surface area (Å²) in [6.07, 6.45) is 1.32. The molecule has 204 valence electrons. The molecular formula is C26H35Cl2N3O5S. The second kappa shape index (κ2) is 12.4. The van der Waals surface area contributed by atoms with E-state index in [1.807, 2.05) is 27.7 Å². The first-order valence-corrected chi connectivity index (χ1v) is 14.4. The third-order valence-electron chi connectivity index (χ3n) is 5.52. The summed E-state index contributed by atoms with van der Waals surface area (Å²) < 4.78 is 32.1. The number of benzene rings is 2. The minimum atomic E-state index is -3.90. The highest BCUT2D eigenvalue weighted by atomic mass is 35.5. The van der Waals surface area contributed by atoms with Crippen molar-refractivity contribution in [2.45, 2.75) is 59.2 Å². The van der Waals surface area contributed by atoms with Crippen LogP contribution >= 0.6 is 23.2 Å². The number of hydrogen-bond acceptors (Lipinski definition) is 5. The number of rotatable bonds is 10. The van der Waals surface area contributed by atoms with Crippen molar-refractivity contribution in [3.05, 3.63) is 57.6 Å². The average molecular weight is 573 g/mol. The lowest BCUT2D eigenvalue weighted by molar-refractivity contribution is -0.141. The molecule has 2 aromatic rings. The minimum Gasteiger partial charge on any atom is -0.495 e. The predicted octanol–water partition coefficient (Wildman–Crippen LogP) is 4.80. The summed E-state index contributed by atoms with van der Waals surface area (Å²) in [5, 5.41) is 3.68. The van der Waals surface area contributed by atoms with Crippen LogP contribution in [0.3, 0.4) is 0 Å².